The average Bonchev–Trinajstić information content (AvgIpc) is 2.54. The maximum atomic E-state index is 11.2. The van der Waals surface area contributed by atoms with Gasteiger partial charge in [0.25, 0.3) is 0 Å². The quantitative estimate of drug-likeness (QED) is 0.775. The summed E-state index contributed by atoms with van der Waals surface area (Å²) in [5.41, 5.74) is 1.28. The Hall–Kier alpha value is -2.96. The normalized spacial score (nSPS) is 11.5. The van der Waals surface area contributed by atoms with E-state index in [9.17, 15) is 9.59 Å². The van der Waals surface area contributed by atoms with Gasteiger partial charge in [-0.15, -0.1) is 0 Å². The van der Waals surface area contributed by atoms with Crippen LogP contribution in [-0.4, -0.2) is 33.1 Å². The van der Waals surface area contributed by atoms with Crippen molar-refractivity contribution in [3.8, 4) is 5.75 Å². The van der Waals surface area contributed by atoms with Crippen molar-refractivity contribution in [3.63, 3.8) is 0 Å². The number of esters is 1. The van der Waals surface area contributed by atoms with Gasteiger partial charge in [0.05, 0.1) is 11.9 Å². The zero-order valence-electron chi connectivity index (χ0n) is 12.5. The second-order valence-corrected chi connectivity index (χ2v) is 4.73. The lowest BCUT2D eigenvalue weighted by Crippen LogP contribution is -2.28. The number of rotatable bonds is 7. The summed E-state index contributed by atoms with van der Waals surface area (Å²) in [5, 5.41) is 9.15. The Morgan fingerprint density at radius 1 is 1.26 bits per heavy atom. The number of ether oxygens (including phenoxy) is 2. The molecule has 23 heavy (non-hydrogen) atoms. The lowest BCUT2D eigenvalue weighted by Gasteiger charge is -2.15. The van der Waals surface area contributed by atoms with Gasteiger partial charge in [0.15, 0.2) is 0 Å². The lowest BCUT2D eigenvalue weighted by atomic mass is 10.1. The minimum atomic E-state index is -1.26. The summed E-state index contributed by atoms with van der Waals surface area (Å²) in [5.74, 6) is -1.34. The van der Waals surface area contributed by atoms with E-state index in [0.717, 1.165) is 0 Å². The van der Waals surface area contributed by atoms with Crippen molar-refractivity contribution in [2.45, 2.75) is 26.1 Å². The molecule has 7 heteroatoms. The highest BCUT2D eigenvalue weighted by atomic mass is 16.6. The predicted molar refractivity (Wildman–Crippen MR) is 79.7 cm³/mol. The van der Waals surface area contributed by atoms with Crippen LogP contribution in [0, 0.1) is 0 Å². The molecular weight excluding hydrogens is 300 g/mol. The molecule has 2 rings (SSSR count). The van der Waals surface area contributed by atoms with Gasteiger partial charge in [-0.1, -0.05) is 18.2 Å². The SMILES string of the molecule is CC(=O)OC(Cc1ccccc1OCc1cnccn1)C(=O)O. The molecule has 1 aromatic carbocycles. The fourth-order valence-electron chi connectivity index (χ4n) is 1.95. The Kier molecular flexibility index (Phi) is 5.62. The molecule has 2 aromatic rings. The molecule has 7 nitrogen and oxygen atoms in total. The highest BCUT2D eigenvalue weighted by Crippen LogP contribution is 2.21. The number of carboxylic acids is 1. The fourth-order valence-corrected chi connectivity index (χ4v) is 1.95. The van der Waals surface area contributed by atoms with E-state index in [4.69, 9.17) is 14.6 Å². The summed E-state index contributed by atoms with van der Waals surface area (Å²) in [4.78, 5) is 30.3. The second kappa shape index (κ2) is 7.88. The zero-order chi connectivity index (χ0) is 16.7. The highest BCUT2D eigenvalue weighted by molar-refractivity contribution is 5.77. The topological polar surface area (TPSA) is 98.6 Å². The van der Waals surface area contributed by atoms with Gasteiger partial charge >= 0.3 is 11.9 Å². The fraction of sp³-hybridized carbons (Fsp3) is 0.250. The number of carboxylic acid groups (broad SMARTS) is 1. The first-order chi connectivity index (χ1) is 11.1. The number of benzene rings is 1. The van der Waals surface area contributed by atoms with Gasteiger partial charge in [-0.25, -0.2) is 4.79 Å². The molecule has 0 saturated carbocycles. The number of para-hydroxylation sites is 1. The van der Waals surface area contributed by atoms with E-state index in [1.54, 1.807) is 42.9 Å². The summed E-state index contributed by atoms with van der Waals surface area (Å²) < 4.78 is 10.5. The van der Waals surface area contributed by atoms with Gasteiger partial charge < -0.3 is 14.6 Å². The molecule has 1 heterocycles. The van der Waals surface area contributed by atoms with Crippen molar-refractivity contribution in [2.24, 2.45) is 0 Å². The predicted octanol–water partition coefficient (Wildman–Crippen LogP) is 1.61. The highest BCUT2D eigenvalue weighted by Gasteiger charge is 2.22. The first-order valence-electron chi connectivity index (χ1n) is 6.92. The molecule has 1 N–H and O–H groups in total. The van der Waals surface area contributed by atoms with E-state index < -0.39 is 18.0 Å². The summed E-state index contributed by atoms with van der Waals surface area (Å²) in [7, 11) is 0. The van der Waals surface area contributed by atoms with Crippen molar-refractivity contribution in [1.29, 1.82) is 0 Å². The number of carbonyl (C=O) groups is 2. The van der Waals surface area contributed by atoms with Crippen LogP contribution in [0.4, 0.5) is 0 Å². The van der Waals surface area contributed by atoms with Crippen molar-refractivity contribution in [3.05, 3.63) is 54.1 Å². The Bertz CT molecular complexity index is 675. The molecule has 1 aromatic heterocycles. The molecular formula is C16H16N2O5. The molecule has 0 fully saturated rings. The number of hydrogen-bond acceptors (Lipinski definition) is 6. The van der Waals surface area contributed by atoms with Crippen molar-refractivity contribution in [1.82, 2.24) is 9.97 Å². The molecule has 0 spiro atoms. The summed E-state index contributed by atoms with van der Waals surface area (Å²) in [6.07, 6.45) is 3.47. The molecule has 0 aliphatic heterocycles. The van der Waals surface area contributed by atoms with Crippen LogP contribution in [0.1, 0.15) is 18.2 Å². The van der Waals surface area contributed by atoms with E-state index in [1.807, 2.05) is 0 Å². The van der Waals surface area contributed by atoms with Crippen LogP contribution in [0.2, 0.25) is 0 Å². The van der Waals surface area contributed by atoms with Gasteiger partial charge in [0, 0.05) is 25.7 Å². The smallest absolute Gasteiger partial charge is 0.345 e. The average molecular weight is 316 g/mol. The van der Waals surface area contributed by atoms with Crippen LogP contribution < -0.4 is 4.74 Å². The number of carbonyl (C=O) groups excluding carboxylic acids is 1. The molecule has 120 valence electrons. The first kappa shape index (κ1) is 16.4. The molecule has 0 aliphatic carbocycles. The third kappa shape index (κ3) is 5.06. The third-order valence-corrected chi connectivity index (χ3v) is 2.95. The third-order valence-electron chi connectivity index (χ3n) is 2.95. The molecule has 0 bridgehead atoms. The maximum absolute atomic E-state index is 11.2. The first-order valence-corrected chi connectivity index (χ1v) is 6.92. The minimum Gasteiger partial charge on any atom is -0.487 e. The van der Waals surface area contributed by atoms with Gasteiger partial charge in [0.2, 0.25) is 6.10 Å². The molecule has 0 amide bonds. The van der Waals surface area contributed by atoms with Crippen LogP contribution in [0.5, 0.6) is 5.75 Å². The lowest BCUT2D eigenvalue weighted by molar-refractivity contribution is -0.162. The molecule has 1 unspecified atom stereocenters. The summed E-state index contributed by atoms with van der Waals surface area (Å²) in [6.45, 7) is 1.38. The summed E-state index contributed by atoms with van der Waals surface area (Å²) >= 11 is 0. The number of hydrogen-bond donors (Lipinski definition) is 1. The van der Waals surface area contributed by atoms with Crippen LogP contribution in [0.3, 0.4) is 0 Å². The van der Waals surface area contributed by atoms with Crippen molar-refractivity contribution >= 4 is 11.9 Å². The van der Waals surface area contributed by atoms with Crippen LogP contribution >= 0.6 is 0 Å². The number of aromatic nitrogens is 2. The Morgan fingerprint density at radius 3 is 2.70 bits per heavy atom. The zero-order valence-corrected chi connectivity index (χ0v) is 12.5. The molecule has 0 radical (unpaired) electrons. The Balaban J connectivity index is 2.10. The van der Waals surface area contributed by atoms with Crippen molar-refractivity contribution < 1.29 is 24.2 Å². The monoisotopic (exact) mass is 316 g/mol. The molecule has 0 saturated heterocycles. The van der Waals surface area contributed by atoms with Gasteiger partial charge in [-0.2, -0.15) is 0 Å². The van der Waals surface area contributed by atoms with Crippen molar-refractivity contribution in [2.75, 3.05) is 0 Å². The standard InChI is InChI=1S/C16H16N2O5/c1-11(19)23-15(16(20)21)8-12-4-2-3-5-14(12)22-10-13-9-17-6-7-18-13/h2-7,9,15H,8,10H2,1H3,(H,20,21). The van der Waals surface area contributed by atoms with E-state index in [2.05, 4.69) is 9.97 Å². The van der Waals surface area contributed by atoms with Gasteiger partial charge in [0.1, 0.15) is 12.4 Å². The van der Waals surface area contributed by atoms with E-state index in [1.165, 1.54) is 6.92 Å². The van der Waals surface area contributed by atoms with E-state index >= 15 is 0 Å². The van der Waals surface area contributed by atoms with Crippen LogP contribution in [-0.2, 0) is 27.4 Å². The maximum Gasteiger partial charge on any atom is 0.345 e. The van der Waals surface area contributed by atoms with Gasteiger partial charge in [-0.3, -0.25) is 14.8 Å². The van der Waals surface area contributed by atoms with Crippen LogP contribution in [0.15, 0.2) is 42.9 Å². The Morgan fingerprint density at radius 2 is 2.04 bits per heavy atom. The minimum absolute atomic E-state index is 0.0194. The van der Waals surface area contributed by atoms with E-state index in [-0.39, 0.29) is 13.0 Å². The van der Waals surface area contributed by atoms with Crippen LogP contribution in [0.25, 0.3) is 0 Å². The largest absolute Gasteiger partial charge is 0.487 e. The summed E-state index contributed by atoms with van der Waals surface area (Å²) in [6, 6.07) is 6.98. The molecule has 1 atom stereocenters. The Labute approximate surface area is 132 Å². The molecule has 0 aliphatic rings. The second-order valence-electron chi connectivity index (χ2n) is 4.73. The number of aliphatic carboxylic acids is 1. The van der Waals surface area contributed by atoms with E-state index in [0.29, 0.717) is 17.0 Å². The van der Waals surface area contributed by atoms with Gasteiger partial charge in [-0.05, 0) is 11.6 Å². The number of nitrogens with zero attached hydrogens (tertiary/aromatic N) is 2.